The van der Waals surface area contributed by atoms with Crippen LogP contribution in [0.3, 0.4) is 0 Å². The molecule has 0 unspecified atom stereocenters. The molecule has 5 rings (SSSR count). The molecule has 0 saturated carbocycles. The number of carboxylic acid groups (broad SMARTS) is 1. The van der Waals surface area contributed by atoms with Crippen molar-refractivity contribution in [3.8, 4) is 0 Å². The van der Waals surface area contributed by atoms with Crippen LogP contribution in [0, 0.1) is 0 Å². The number of amides is 5. The van der Waals surface area contributed by atoms with Gasteiger partial charge in [0.1, 0.15) is 30.2 Å². The fourth-order valence-electron chi connectivity index (χ4n) is 6.73. The van der Waals surface area contributed by atoms with E-state index in [1.165, 1.54) is 9.80 Å². The molecule has 13 heteroatoms. The van der Waals surface area contributed by atoms with Gasteiger partial charge in [-0.1, -0.05) is 72.8 Å². The lowest BCUT2D eigenvalue weighted by atomic mass is 10.0. The maximum Gasteiger partial charge on any atom is 0.326 e. The second kappa shape index (κ2) is 16.4. The molecule has 260 valence electrons. The summed E-state index contributed by atoms with van der Waals surface area (Å²) in [6, 6.07) is 12.7. The predicted octanol–water partition coefficient (Wildman–Crippen LogP) is 0.670. The van der Waals surface area contributed by atoms with Crippen LogP contribution in [0.25, 0.3) is 0 Å². The van der Waals surface area contributed by atoms with E-state index in [1.807, 2.05) is 60.7 Å². The van der Waals surface area contributed by atoms with E-state index in [9.17, 15) is 33.9 Å². The molecule has 0 radical (unpaired) electrons. The Morgan fingerprint density at radius 2 is 1.33 bits per heavy atom. The van der Waals surface area contributed by atoms with Crippen LogP contribution >= 0.6 is 0 Å². The third-order valence-electron chi connectivity index (χ3n) is 9.35. The van der Waals surface area contributed by atoms with E-state index >= 15 is 0 Å². The summed E-state index contributed by atoms with van der Waals surface area (Å²) in [7, 11) is 0. The van der Waals surface area contributed by atoms with Gasteiger partial charge < -0.3 is 36.6 Å². The molecular weight excluding hydrogens is 628 g/mol. The van der Waals surface area contributed by atoms with Gasteiger partial charge in [-0.2, -0.15) is 0 Å². The first-order valence-electron chi connectivity index (χ1n) is 16.9. The Hall–Kier alpha value is -5.04. The van der Waals surface area contributed by atoms with Crippen LogP contribution in [0.2, 0.25) is 0 Å². The van der Waals surface area contributed by atoms with Crippen molar-refractivity contribution in [1.29, 1.82) is 0 Å². The van der Waals surface area contributed by atoms with Gasteiger partial charge in [-0.05, 0) is 49.7 Å². The van der Waals surface area contributed by atoms with E-state index in [0.29, 0.717) is 38.8 Å². The van der Waals surface area contributed by atoms with Crippen LogP contribution in [0.5, 0.6) is 0 Å². The van der Waals surface area contributed by atoms with Gasteiger partial charge in [0, 0.05) is 25.9 Å². The van der Waals surface area contributed by atoms with Crippen LogP contribution in [0.15, 0.2) is 72.8 Å². The summed E-state index contributed by atoms with van der Waals surface area (Å²) in [6.45, 7) is 0.643. The summed E-state index contributed by atoms with van der Waals surface area (Å²) in [5.41, 5.74) is 7.75. The van der Waals surface area contributed by atoms with Crippen molar-refractivity contribution in [3.05, 3.63) is 83.9 Å². The minimum Gasteiger partial charge on any atom is -0.480 e. The van der Waals surface area contributed by atoms with Crippen molar-refractivity contribution in [1.82, 2.24) is 25.8 Å². The van der Waals surface area contributed by atoms with Crippen molar-refractivity contribution in [2.45, 2.75) is 87.6 Å². The Morgan fingerprint density at radius 1 is 0.776 bits per heavy atom. The first kappa shape index (κ1) is 35.3. The zero-order chi connectivity index (χ0) is 34.9. The number of nitrogens with two attached hydrogens (primary N) is 1. The molecule has 0 aliphatic carbocycles. The molecule has 2 aromatic rings. The number of benzene rings is 2. The van der Waals surface area contributed by atoms with Crippen molar-refractivity contribution in [2.75, 3.05) is 13.1 Å². The van der Waals surface area contributed by atoms with E-state index in [1.54, 1.807) is 12.2 Å². The monoisotopic (exact) mass is 672 g/mol. The minimum atomic E-state index is -1.06. The Bertz CT molecular complexity index is 1550. The van der Waals surface area contributed by atoms with Crippen molar-refractivity contribution < 1.29 is 33.9 Å². The molecule has 0 spiro atoms. The molecule has 3 saturated heterocycles. The van der Waals surface area contributed by atoms with E-state index in [0.717, 1.165) is 11.1 Å². The van der Waals surface area contributed by atoms with Gasteiger partial charge in [-0.15, -0.1) is 0 Å². The van der Waals surface area contributed by atoms with E-state index < -0.39 is 71.8 Å². The van der Waals surface area contributed by atoms with Gasteiger partial charge in [-0.3, -0.25) is 24.0 Å². The maximum atomic E-state index is 14.0. The highest BCUT2D eigenvalue weighted by molar-refractivity contribution is 5.98. The number of nitrogens with one attached hydrogen (secondary N) is 3. The smallest absolute Gasteiger partial charge is 0.326 e. The van der Waals surface area contributed by atoms with Gasteiger partial charge in [0.25, 0.3) is 0 Å². The number of fused-ring (bicyclic) bond motifs is 1. The summed E-state index contributed by atoms with van der Waals surface area (Å²) in [4.78, 5) is 82.5. The molecule has 13 nitrogen and oxygen atoms in total. The van der Waals surface area contributed by atoms with Gasteiger partial charge >= 0.3 is 5.97 Å². The van der Waals surface area contributed by atoms with Crippen molar-refractivity contribution in [2.24, 2.45) is 5.73 Å². The predicted molar refractivity (Wildman–Crippen MR) is 180 cm³/mol. The molecule has 3 aliphatic heterocycles. The molecule has 49 heavy (non-hydrogen) atoms. The van der Waals surface area contributed by atoms with E-state index in [4.69, 9.17) is 5.73 Å². The van der Waals surface area contributed by atoms with Crippen LogP contribution < -0.4 is 21.7 Å². The lowest BCUT2D eigenvalue weighted by molar-refractivity contribution is -0.148. The molecule has 3 heterocycles. The molecule has 3 fully saturated rings. The summed E-state index contributed by atoms with van der Waals surface area (Å²) >= 11 is 0. The molecule has 0 bridgehead atoms. The number of hydrogen-bond donors (Lipinski definition) is 5. The number of aliphatic carboxylic acids is 1. The lowest BCUT2D eigenvalue weighted by Crippen LogP contribution is -2.61. The minimum absolute atomic E-state index is 0.0421. The highest BCUT2D eigenvalue weighted by Crippen LogP contribution is 2.22. The topological polar surface area (TPSA) is 191 Å². The third-order valence-corrected chi connectivity index (χ3v) is 9.35. The quantitative estimate of drug-likeness (QED) is 0.228. The second-order valence-corrected chi connectivity index (χ2v) is 12.8. The van der Waals surface area contributed by atoms with Gasteiger partial charge in [-0.25, -0.2) is 4.79 Å². The van der Waals surface area contributed by atoms with Crippen molar-refractivity contribution in [3.63, 3.8) is 0 Å². The van der Waals surface area contributed by atoms with Gasteiger partial charge in [0.2, 0.25) is 29.5 Å². The standard InChI is InChI=1S/C36H44N6O7/c37-25(34(46)42-20-10-18-30(42)36(48)49)15-7-8-16-26-35(47)41-19-9-17-29(41)33(45)40-28(22-24-13-5-2-6-14-24)32(44)39-27(31(43)38-26)21-23-11-3-1-4-12-23/h1-8,11-14,25-30H,9-10,15-22,37H2,(H,38,43)(H,39,44)(H,40,45)(H,48,49)/b8-7+/t25-,26-,27-,28-,29-,30-/m0/s1. The summed E-state index contributed by atoms with van der Waals surface area (Å²) in [5, 5.41) is 18.0. The molecule has 6 N–H and O–H groups in total. The zero-order valence-corrected chi connectivity index (χ0v) is 27.3. The number of hydrogen-bond acceptors (Lipinski definition) is 7. The molecule has 5 amide bonds. The summed E-state index contributed by atoms with van der Waals surface area (Å²) in [6.07, 6.45) is 5.73. The fraction of sp³-hybridized carbons (Fsp3) is 0.444. The Balaban J connectivity index is 1.36. The molecular formula is C36H44N6O7. The highest BCUT2D eigenvalue weighted by atomic mass is 16.4. The largest absolute Gasteiger partial charge is 0.480 e. The van der Waals surface area contributed by atoms with Gasteiger partial charge in [0.05, 0.1) is 6.04 Å². The number of carboxylic acids is 1. The average molecular weight is 673 g/mol. The fourth-order valence-corrected chi connectivity index (χ4v) is 6.73. The van der Waals surface area contributed by atoms with Crippen LogP contribution in [0.4, 0.5) is 0 Å². The van der Waals surface area contributed by atoms with Crippen molar-refractivity contribution >= 4 is 35.5 Å². The molecule has 2 aromatic carbocycles. The average Bonchev–Trinajstić information content (AvgIpc) is 3.80. The summed E-state index contributed by atoms with van der Waals surface area (Å²) < 4.78 is 0. The number of carbonyl (C=O) groups is 6. The van der Waals surface area contributed by atoms with E-state index in [2.05, 4.69) is 16.0 Å². The lowest BCUT2D eigenvalue weighted by Gasteiger charge is -2.32. The Morgan fingerprint density at radius 3 is 1.92 bits per heavy atom. The molecule has 6 atom stereocenters. The molecule has 0 aromatic heterocycles. The van der Waals surface area contributed by atoms with Crippen LogP contribution in [-0.2, 0) is 41.6 Å². The van der Waals surface area contributed by atoms with Crippen LogP contribution in [-0.4, -0.2) is 99.8 Å². The normalized spacial score (nSPS) is 25.5. The zero-order valence-electron chi connectivity index (χ0n) is 27.3. The Labute approximate surface area is 285 Å². The number of nitrogens with zero attached hydrogens (tertiary/aromatic N) is 2. The number of likely N-dealkylation sites (tertiary alicyclic amines) is 1. The third kappa shape index (κ3) is 8.91. The first-order chi connectivity index (χ1) is 23.6. The number of carbonyl (C=O) groups excluding carboxylic acids is 5. The highest BCUT2D eigenvalue weighted by Gasteiger charge is 2.41. The first-order valence-corrected chi connectivity index (χ1v) is 16.9. The molecule has 3 aliphatic rings. The second-order valence-electron chi connectivity index (χ2n) is 12.8. The number of rotatable bonds is 10. The van der Waals surface area contributed by atoms with Gasteiger partial charge in [0.15, 0.2) is 0 Å². The maximum absolute atomic E-state index is 14.0. The van der Waals surface area contributed by atoms with E-state index in [-0.39, 0.29) is 25.7 Å². The summed E-state index contributed by atoms with van der Waals surface area (Å²) in [5.74, 6) is -3.45. The Kier molecular flexibility index (Phi) is 11.8. The van der Waals surface area contributed by atoms with Crippen LogP contribution in [0.1, 0.15) is 49.7 Å². The SMILES string of the molecule is N[C@@H](C/C=C/C[C@@H]1NC(=O)[C@H](Cc2ccccc2)NC(=O)[C@H](Cc2ccccc2)NC(=O)[C@@H]2CCCN2C1=O)C(=O)N1CCC[C@H]1C(=O)O.